The molecule has 2 saturated heterocycles. The molecular weight excluding hydrogens is 576 g/mol. The van der Waals surface area contributed by atoms with E-state index in [-0.39, 0.29) is 17.8 Å². The van der Waals surface area contributed by atoms with Gasteiger partial charge in [-0.15, -0.1) is 0 Å². The first-order valence-electron chi connectivity index (χ1n) is 16.7. The van der Waals surface area contributed by atoms with E-state index in [1.54, 1.807) is 6.20 Å². The number of nitrogens with zero attached hydrogens (tertiary/aromatic N) is 2. The van der Waals surface area contributed by atoms with E-state index >= 15 is 0 Å². The number of rotatable bonds is 9. The SMILES string of the molecule is CC(C)Oc1ccc(CCN2CCC(Nc3ccc4c(c3)Cc3cccc(C5CN(c6ccc[nH]c6=O)CCO5)c3O4)CC2)cc1. The lowest BCUT2D eigenvalue weighted by Crippen LogP contribution is -2.41. The van der Waals surface area contributed by atoms with Crippen LogP contribution in [0.3, 0.4) is 0 Å². The number of benzene rings is 3. The highest BCUT2D eigenvalue weighted by Gasteiger charge is 2.29. The van der Waals surface area contributed by atoms with Crippen molar-refractivity contribution in [3.63, 3.8) is 0 Å². The highest BCUT2D eigenvalue weighted by molar-refractivity contribution is 5.59. The lowest BCUT2D eigenvalue weighted by atomic mass is 9.95. The Morgan fingerprint density at radius 2 is 1.83 bits per heavy atom. The predicted octanol–water partition coefficient (Wildman–Crippen LogP) is 6.56. The van der Waals surface area contributed by atoms with Crippen LogP contribution in [0.15, 0.2) is 83.8 Å². The second-order valence-corrected chi connectivity index (χ2v) is 12.9. The zero-order valence-electron chi connectivity index (χ0n) is 26.8. The zero-order chi connectivity index (χ0) is 31.5. The lowest BCUT2D eigenvalue weighted by molar-refractivity contribution is 0.0383. The monoisotopic (exact) mass is 620 g/mol. The lowest BCUT2D eigenvalue weighted by Gasteiger charge is -2.35. The van der Waals surface area contributed by atoms with Gasteiger partial charge in [0.25, 0.3) is 5.56 Å². The summed E-state index contributed by atoms with van der Waals surface area (Å²) < 4.78 is 18.6. The molecule has 0 spiro atoms. The van der Waals surface area contributed by atoms with E-state index in [1.807, 2.05) is 12.1 Å². The van der Waals surface area contributed by atoms with Crippen molar-refractivity contribution in [3.05, 3.63) is 112 Å². The van der Waals surface area contributed by atoms with Crippen molar-refractivity contribution in [2.45, 2.75) is 57.8 Å². The molecule has 3 aromatic carbocycles. The maximum absolute atomic E-state index is 12.4. The minimum Gasteiger partial charge on any atom is -0.491 e. The van der Waals surface area contributed by atoms with Gasteiger partial charge in [-0.1, -0.05) is 30.3 Å². The summed E-state index contributed by atoms with van der Waals surface area (Å²) in [6.45, 7) is 9.24. The number of fused-ring (bicyclic) bond motifs is 2. The first-order chi connectivity index (χ1) is 22.5. The smallest absolute Gasteiger partial charge is 0.271 e. The van der Waals surface area contributed by atoms with Crippen LogP contribution in [0.5, 0.6) is 17.2 Å². The predicted molar refractivity (Wildman–Crippen MR) is 183 cm³/mol. The van der Waals surface area contributed by atoms with Gasteiger partial charge < -0.3 is 34.3 Å². The number of nitrogens with one attached hydrogen (secondary N) is 2. The molecule has 0 saturated carbocycles. The van der Waals surface area contributed by atoms with Crippen LogP contribution < -0.4 is 25.2 Å². The van der Waals surface area contributed by atoms with Crippen LogP contribution in [0.2, 0.25) is 0 Å². The first-order valence-corrected chi connectivity index (χ1v) is 16.7. The Morgan fingerprint density at radius 3 is 2.63 bits per heavy atom. The average Bonchev–Trinajstić information content (AvgIpc) is 3.07. The van der Waals surface area contributed by atoms with Crippen LogP contribution in [-0.4, -0.2) is 61.4 Å². The summed E-state index contributed by atoms with van der Waals surface area (Å²) in [5, 5.41) is 3.81. The Balaban J connectivity index is 0.938. The van der Waals surface area contributed by atoms with E-state index in [9.17, 15) is 4.79 Å². The van der Waals surface area contributed by atoms with Gasteiger partial charge >= 0.3 is 0 Å². The van der Waals surface area contributed by atoms with Gasteiger partial charge in [0.1, 0.15) is 29.0 Å². The second-order valence-electron chi connectivity index (χ2n) is 12.9. The molecule has 0 amide bonds. The van der Waals surface area contributed by atoms with Crippen molar-refractivity contribution in [2.75, 3.05) is 49.5 Å². The van der Waals surface area contributed by atoms with Crippen molar-refractivity contribution in [2.24, 2.45) is 0 Å². The number of ether oxygens (including phenoxy) is 3. The number of pyridine rings is 1. The molecule has 2 N–H and O–H groups in total. The van der Waals surface area contributed by atoms with Crippen LogP contribution in [0.4, 0.5) is 11.4 Å². The van der Waals surface area contributed by atoms with Gasteiger partial charge in [-0.25, -0.2) is 0 Å². The normalized spacial score (nSPS) is 18.5. The van der Waals surface area contributed by atoms with E-state index < -0.39 is 0 Å². The molecule has 8 nitrogen and oxygen atoms in total. The summed E-state index contributed by atoms with van der Waals surface area (Å²) in [5.74, 6) is 2.73. The molecule has 3 aliphatic rings. The van der Waals surface area contributed by atoms with Crippen molar-refractivity contribution in [3.8, 4) is 17.2 Å². The van der Waals surface area contributed by atoms with Gasteiger partial charge in [0.05, 0.1) is 12.7 Å². The van der Waals surface area contributed by atoms with Crippen LogP contribution in [-0.2, 0) is 17.6 Å². The fraction of sp³-hybridized carbons (Fsp3) is 0.395. The highest BCUT2D eigenvalue weighted by Crippen LogP contribution is 2.43. The van der Waals surface area contributed by atoms with Gasteiger partial charge in [-0.3, -0.25) is 4.79 Å². The average molecular weight is 621 g/mol. The molecule has 1 unspecified atom stereocenters. The van der Waals surface area contributed by atoms with E-state index in [2.05, 4.69) is 94.6 Å². The standard InChI is InChI=1S/C38H44N4O4/c1-26(2)45-32-11-8-27(9-12-32)14-18-41-19-15-30(16-20-41)40-31-10-13-35-29(24-31)23-28-5-3-6-33(37(28)46-35)36-25-42(21-22-44-36)34-7-4-17-39-38(34)43/h3-13,17,24,26,30,36,40H,14-16,18-23,25H2,1-2H3,(H,39,43). The fourth-order valence-corrected chi connectivity index (χ4v) is 6.89. The number of aromatic nitrogens is 1. The van der Waals surface area contributed by atoms with E-state index in [1.165, 1.54) is 11.1 Å². The van der Waals surface area contributed by atoms with Crippen LogP contribution in [0, 0.1) is 0 Å². The number of hydrogen-bond donors (Lipinski definition) is 2. The van der Waals surface area contributed by atoms with E-state index in [4.69, 9.17) is 14.2 Å². The Bertz CT molecular complexity index is 1690. The molecule has 8 heteroatoms. The van der Waals surface area contributed by atoms with Gasteiger partial charge in [0.15, 0.2) is 0 Å². The number of aromatic amines is 1. The first kappa shape index (κ1) is 30.4. The van der Waals surface area contributed by atoms with Crippen molar-refractivity contribution < 1.29 is 14.2 Å². The number of hydrogen-bond acceptors (Lipinski definition) is 7. The minimum absolute atomic E-state index is 0.0757. The molecule has 0 radical (unpaired) electrons. The minimum atomic E-state index is -0.179. The molecule has 7 rings (SSSR count). The molecule has 2 fully saturated rings. The highest BCUT2D eigenvalue weighted by atomic mass is 16.5. The summed E-state index contributed by atoms with van der Waals surface area (Å²) >= 11 is 0. The summed E-state index contributed by atoms with van der Waals surface area (Å²) in [6, 6.07) is 25.6. The quantitative estimate of drug-likeness (QED) is 0.193. The number of H-pyrrole nitrogens is 1. The summed E-state index contributed by atoms with van der Waals surface area (Å²) in [5.41, 5.74) is 6.51. The van der Waals surface area contributed by atoms with Gasteiger partial charge in [0.2, 0.25) is 0 Å². The summed E-state index contributed by atoms with van der Waals surface area (Å²) in [6.07, 6.45) is 5.83. The topological polar surface area (TPSA) is 79.1 Å². The summed E-state index contributed by atoms with van der Waals surface area (Å²) in [7, 11) is 0. The molecule has 0 aliphatic carbocycles. The number of morpholine rings is 1. The molecule has 4 aromatic rings. The van der Waals surface area contributed by atoms with Crippen LogP contribution in [0.25, 0.3) is 0 Å². The number of anilines is 2. The Labute approximate surface area is 271 Å². The third kappa shape index (κ3) is 6.93. The van der Waals surface area contributed by atoms with Crippen molar-refractivity contribution in [1.29, 1.82) is 0 Å². The largest absolute Gasteiger partial charge is 0.491 e. The molecule has 1 atom stereocenters. The van der Waals surface area contributed by atoms with Crippen molar-refractivity contribution in [1.82, 2.24) is 9.88 Å². The molecule has 240 valence electrons. The third-order valence-electron chi connectivity index (χ3n) is 9.30. The molecular formula is C38H44N4O4. The molecule has 4 heterocycles. The van der Waals surface area contributed by atoms with E-state index in [0.717, 1.165) is 79.4 Å². The molecule has 3 aliphatic heterocycles. The van der Waals surface area contributed by atoms with Gasteiger partial charge in [-0.05, 0) is 86.7 Å². The third-order valence-corrected chi connectivity index (χ3v) is 9.30. The second kappa shape index (κ2) is 13.6. The molecule has 1 aromatic heterocycles. The summed E-state index contributed by atoms with van der Waals surface area (Å²) in [4.78, 5) is 19.9. The van der Waals surface area contributed by atoms with Crippen molar-refractivity contribution >= 4 is 11.4 Å². The van der Waals surface area contributed by atoms with Gasteiger partial charge in [-0.2, -0.15) is 0 Å². The Hall–Kier alpha value is -4.27. The molecule has 0 bridgehead atoms. The fourth-order valence-electron chi connectivity index (χ4n) is 6.89. The maximum atomic E-state index is 12.4. The van der Waals surface area contributed by atoms with E-state index in [0.29, 0.717) is 31.4 Å². The number of likely N-dealkylation sites (tertiary alicyclic amines) is 1. The zero-order valence-corrected chi connectivity index (χ0v) is 26.8. The maximum Gasteiger partial charge on any atom is 0.271 e. The number of piperidine rings is 1. The molecule has 46 heavy (non-hydrogen) atoms. The number of para-hydroxylation sites is 1. The van der Waals surface area contributed by atoms with Crippen LogP contribution in [0.1, 0.15) is 55.0 Å². The Kier molecular flexibility index (Phi) is 8.99. The van der Waals surface area contributed by atoms with Gasteiger partial charge in [0, 0.05) is 68.2 Å². The Morgan fingerprint density at radius 1 is 0.978 bits per heavy atom. The van der Waals surface area contributed by atoms with Crippen LogP contribution >= 0.6 is 0 Å².